The predicted octanol–water partition coefficient (Wildman–Crippen LogP) is 3.50. The maximum atomic E-state index is 8.35. The molecular weight excluding hydrogens is 246 g/mol. The number of hydrazone groups is 1. The Labute approximate surface area is 119 Å². The third-order valence-electron chi connectivity index (χ3n) is 3.74. The molecule has 3 heteroatoms. The Balaban J connectivity index is 1.76. The highest BCUT2D eigenvalue weighted by Crippen LogP contribution is 2.29. The highest BCUT2D eigenvalue weighted by molar-refractivity contribution is 6.10. The van der Waals surface area contributed by atoms with Crippen molar-refractivity contribution >= 4 is 23.3 Å². The van der Waals surface area contributed by atoms with Crippen LogP contribution in [0.25, 0.3) is 6.08 Å². The van der Waals surface area contributed by atoms with Crippen LogP contribution in [-0.2, 0) is 6.42 Å². The smallest absolute Gasteiger partial charge is 0.153 e. The molecule has 0 saturated heterocycles. The molecular formula is C17H15N3. The summed E-state index contributed by atoms with van der Waals surface area (Å²) in [5.41, 5.74) is 7.49. The Kier molecular flexibility index (Phi) is 2.32. The van der Waals surface area contributed by atoms with Crippen molar-refractivity contribution < 1.29 is 1.37 Å². The van der Waals surface area contributed by atoms with Crippen LogP contribution in [0, 0.1) is 0 Å². The molecule has 2 aromatic rings. The standard InChI is InChI=1S/C17H15N3/c1-3-7-15-13(5-1)9-10-17(19-18-15)20-12-11-14-6-2-4-8-16(14)20/h1-10,18H,11-12H2/i10D. The lowest BCUT2D eigenvalue weighted by atomic mass is 10.1. The fourth-order valence-corrected chi connectivity index (χ4v) is 2.71. The fourth-order valence-electron chi connectivity index (χ4n) is 2.71. The van der Waals surface area contributed by atoms with Crippen LogP contribution in [0.4, 0.5) is 11.4 Å². The first-order valence-electron chi connectivity index (χ1n) is 7.30. The summed E-state index contributed by atoms with van der Waals surface area (Å²) >= 11 is 0. The quantitative estimate of drug-likeness (QED) is 0.787. The van der Waals surface area contributed by atoms with Crippen LogP contribution in [0.3, 0.4) is 0 Å². The minimum atomic E-state index is 0.434. The van der Waals surface area contributed by atoms with Gasteiger partial charge in [0.25, 0.3) is 0 Å². The van der Waals surface area contributed by atoms with Gasteiger partial charge in [0.05, 0.1) is 7.06 Å². The van der Waals surface area contributed by atoms with E-state index >= 15 is 0 Å². The van der Waals surface area contributed by atoms with Crippen molar-refractivity contribution in [2.75, 3.05) is 16.9 Å². The van der Waals surface area contributed by atoms with E-state index in [9.17, 15) is 0 Å². The minimum absolute atomic E-state index is 0.434. The van der Waals surface area contributed by atoms with Crippen LogP contribution >= 0.6 is 0 Å². The lowest BCUT2D eigenvalue weighted by Gasteiger charge is -2.18. The van der Waals surface area contributed by atoms with Gasteiger partial charge in [0.15, 0.2) is 5.84 Å². The molecule has 1 N–H and O–H groups in total. The molecule has 0 amide bonds. The van der Waals surface area contributed by atoms with Crippen molar-refractivity contribution in [3.05, 3.63) is 65.7 Å². The maximum Gasteiger partial charge on any atom is 0.153 e. The van der Waals surface area contributed by atoms with Crippen LogP contribution in [0.5, 0.6) is 0 Å². The van der Waals surface area contributed by atoms with E-state index in [2.05, 4.69) is 33.6 Å². The summed E-state index contributed by atoms with van der Waals surface area (Å²) in [5.74, 6) is 0.677. The van der Waals surface area contributed by atoms with Gasteiger partial charge in [-0.3, -0.25) is 5.43 Å². The van der Waals surface area contributed by atoms with Crippen molar-refractivity contribution in [3.8, 4) is 0 Å². The summed E-state index contributed by atoms with van der Waals surface area (Å²) in [6.45, 7) is 0.867. The molecule has 0 aliphatic carbocycles. The van der Waals surface area contributed by atoms with Crippen molar-refractivity contribution in [3.63, 3.8) is 0 Å². The van der Waals surface area contributed by atoms with Gasteiger partial charge in [-0.15, -0.1) is 0 Å². The largest absolute Gasteiger partial charge is 0.324 e. The Bertz CT molecular complexity index is 764. The van der Waals surface area contributed by atoms with E-state index in [-0.39, 0.29) is 0 Å². The summed E-state index contributed by atoms with van der Waals surface area (Å²) in [5, 5.41) is 4.46. The second-order valence-corrected chi connectivity index (χ2v) is 4.95. The molecule has 98 valence electrons. The monoisotopic (exact) mass is 262 g/mol. The van der Waals surface area contributed by atoms with E-state index in [1.54, 1.807) is 0 Å². The molecule has 2 heterocycles. The SMILES string of the molecule is [2H]C1=Cc2ccccc2NN=C1N1CCc2ccccc21. The molecule has 0 spiro atoms. The first-order valence-corrected chi connectivity index (χ1v) is 6.80. The molecule has 2 aliphatic heterocycles. The lowest BCUT2D eigenvalue weighted by molar-refractivity contribution is 1.02. The van der Waals surface area contributed by atoms with Gasteiger partial charge >= 0.3 is 0 Å². The van der Waals surface area contributed by atoms with Crippen molar-refractivity contribution in [2.45, 2.75) is 6.42 Å². The van der Waals surface area contributed by atoms with Crippen LogP contribution in [-0.4, -0.2) is 12.4 Å². The van der Waals surface area contributed by atoms with Gasteiger partial charge in [0.1, 0.15) is 0 Å². The van der Waals surface area contributed by atoms with Crippen LogP contribution in [0.2, 0.25) is 0 Å². The van der Waals surface area contributed by atoms with Crippen molar-refractivity contribution in [1.82, 2.24) is 0 Å². The highest BCUT2D eigenvalue weighted by atomic mass is 15.4. The topological polar surface area (TPSA) is 27.6 Å². The van der Waals surface area contributed by atoms with E-state index < -0.39 is 0 Å². The molecule has 0 radical (unpaired) electrons. The zero-order valence-electron chi connectivity index (χ0n) is 12.0. The summed E-state index contributed by atoms with van der Waals surface area (Å²) in [6.07, 6.45) is 2.87. The second-order valence-electron chi connectivity index (χ2n) is 4.95. The molecule has 2 aliphatic rings. The zero-order chi connectivity index (χ0) is 14.2. The van der Waals surface area contributed by atoms with Gasteiger partial charge in [-0.1, -0.05) is 36.4 Å². The maximum absolute atomic E-state index is 8.35. The Morgan fingerprint density at radius 3 is 2.95 bits per heavy atom. The molecule has 4 rings (SSSR count). The van der Waals surface area contributed by atoms with Gasteiger partial charge in [-0.2, -0.15) is 5.10 Å². The van der Waals surface area contributed by atoms with Gasteiger partial charge in [0, 0.05) is 12.2 Å². The predicted molar refractivity (Wildman–Crippen MR) is 84.0 cm³/mol. The van der Waals surface area contributed by atoms with Gasteiger partial charge in [-0.05, 0) is 41.8 Å². The number of hydrogen-bond donors (Lipinski definition) is 1. The lowest BCUT2D eigenvalue weighted by Crippen LogP contribution is -2.27. The number of anilines is 2. The number of fused-ring (bicyclic) bond motifs is 2. The van der Waals surface area contributed by atoms with E-state index in [0.717, 1.165) is 29.9 Å². The Morgan fingerprint density at radius 2 is 1.95 bits per heavy atom. The van der Waals surface area contributed by atoms with Crippen molar-refractivity contribution in [2.24, 2.45) is 5.10 Å². The molecule has 0 unspecified atom stereocenters. The van der Waals surface area contributed by atoms with E-state index in [1.165, 1.54) is 5.56 Å². The van der Waals surface area contributed by atoms with E-state index in [4.69, 9.17) is 1.37 Å². The number of rotatable bonds is 0. The molecule has 20 heavy (non-hydrogen) atoms. The summed E-state index contributed by atoms with van der Waals surface area (Å²) in [4.78, 5) is 2.12. The summed E-state index contributed by atoms with van der Waals surface area (Å²) in [6, 6.07) is 16.7. The molecule has 0 atom stereocenters. The number of amidine groups is 1. The van der Waals surface area contributed by atoms with Crippen LogP contribution < -0.4 is 10.3 Å². The van der Waals surface area contributed by atoms with Crippen LogP contribution in [0.15, 0.2) is 59.7 Å². The van der Waals surface area contributed by atoms with Gasteiger partial charge in [0.2, 0.25) is 0 Å². The molecule has 2 aromatic carbocycles. The first kappa shape index (κ1) is 10.3. The van der Waals surface area contributed by atoms with E-state index in [1.807, 2.05) is 36.4 Å². The minimum Gasteiger partial charge on any atom is -0.324 e. The third kappa shape index (κ3) is 1.79. The average Bonchev–Trinajstić information content (AvgIpc) is 2.85. The van der Waals surface area contributed by atoms with Crippen LogP contribution in [0.1, 0.15) is 12.5 Å². The molecule has 0 saturated carbocycles. The van der Waals surface area contributed by atoms with Gasteiger partial charge in [-0.25, -0.2) is 0 Å². The number of nitrogens with one attached hydrogen (secondary N) is 1. The molecule has 0 fully saturated rings. The number of para-hydroxylation sites is 2. The fraction of sp³-hybridized carbons (Fsp3) is 0.118. The van der Waals surface area contributed by atoms with Crippen molar-refractivity contribution in [1.29, 1.82) is 0 Å². The zero-order valence-corrected chi connectivity index (χ0v) is 11.0. The Hall–Kier alpha value is -2.55. The normalized spacial score (nSPS) is 17.2. The van der Waals surface area contributed by atoms with E-state index in [0.29, 0.717) is 11.9 Å². The molecule has 0 bridgehead atoms. The molecule has 3 nitrogen and oxygen atoms in total. The molecule has 0 aromatic heterocycles. The second kappa shape index (κ2) is 4.53. The Morgan fingerprint density at radius 1 is 1.10 bits per heavy atom. The highest BCUT2D eigenvalue weighted by Gasteiger charge is 2.22. The average molecular weight is 262 g/mol. The van der Waals surface area contributed by atoms with Gasteiger partial charge < -0.3 is 4.90 Å². The number of hydrogen-bond acceptors (Lipinski definition) is 3. The summed E-state index contributed by atoms with van der Waals surface area (Å²) in [7, 11) is 0. The third-order valence-corrected chi connectivity index (χ3v) is 3.74. The number of nitrogens with zero attached hydrogens (tertiary/aromatic N) is 2. The summed E-state index contributed by atoms with van der Waals surface area (Å²) < 4.78 is 8.35. The number of benzene rings is 2. The first-order chi connectivity index (χ1) is 10.3.